The van der Waals surface area contributed by atoms with Crippen molar-refractivity contribution in [2.24, 2.45) is 0 Å². The van der Waals surface area contributed by atoms with E-state index in [1.54, 1.807) is 25.3 Å². The van der Waals surface area contributed by atoms with Crippen LogP contribution in [0.15, 0.2) is 75.9 Å². The van der Waals surface area contributed by atoms with E-state index >= 15 is 0 Å². The highest BCUT2D eigenvalue weighted by Gasteiger charge is 2.17. The van der Waals surface area contributed by atoms with Gasteiger partial charge in [-0.1, -0.05) is 30.3 Å². The molecule has 1 N–H and O–H groups in total. The van der Waals surface area contributed by atoms with E-state index in [0.717, 1.165) is 24.3 Å². The molecule has 1 heterocycles. The largest absolute Gasteiger partial charge is 0.507 e. The van der Waals surface area contributed by atoms with Crippen molar-refractivity contribution in [3.8, 4) is 34.3 Å². The number of likely N-dealkylation sites (N-methyl/N-ethyl adjacent to an activating group) is 1. The second-order valence-electron chi connectivity index (χ2n) is 9.32. The van der Waals surface area contributed by atoms with E-state index in [-0.39, 0.29) is 40.9 Å². The summed E-state index contributed by atoms with van der Waals surface area (Å²) in [5.74, 6) is 0.761. The smallest absolute Gasteiger partial charge is 0.283 e. The van der Waals surface area contributed by atoms with Crippen LogP contribution in [0, 0.1) is 0 Å². The number of hydroxylamine groups is 2. The predicted octanol–water partition coefficient (Wildman–Crippen LogP) is 5.36. The average molecular weight is 548 g/mol. The van der Waals surface area contributed by atoms with Crippen molar-refractivity contribution in [2.75, 3.05) is 27.9 Å². The van der Waals surface area contributed by atoms with Crippen LogP contribution in [0.4, 0.5) is 0 Å². The fraction of sp³-hybridized carbons (Fsp3) is 0.290. The van der Waals surface area contributed by atoms with Crippen LogP contribution in [0.3, 0.4) is 0 Å². The van der Waals surface area contributed by atoms with Crippen molar-refractivity contribution in [3.63, 3.8) is 0 Å². The van der Waals surface area contributed by atoms with Gasteiger partial charge >= 0.3 is 0 Å². The molecule has 4 aromatic rings. The van der Waals surface area contributed by atoms with Gasteiger partial charge in [0.1, 0.15) is 28.2 Å². The summed E-state index contributed by atoms with van der Waals surface area (Å²) >= 11 is 0. The van der Waals surface area contributed by atoms with E-state index in [1.807, 2.05) is 25.1 Å². The van der Waals surface area contributed by atoms with Gasteiger partial charge in [-0.15, -0.1) is 0 Å². The van der Waals surface area contributed by atoms with Crippen LogP contribution < -0.4 is 19.6 Å². The van der Waals surface area contributed by atoms with E-state index in [2.05, 4.69) is 12.1 Å². The van der Waals surface area contributed by atoms with Crippen LogP contribution in [0.1, 0.15) is 25.3 Å². The lowest BCUT2D eigenvalue weighted by Crippen LogP contribution is -2.30. The lowest BCUT2D eigenvalue weighted by atomic mass is 10.1. The Kier molecular flexibility index (Phi) is 9.29. The molecule has 0 aliphatic carbocycles. The standard InChI is InChI=1S/C31H33NO8/c1-20(9-8-12-21-10-6-5-7-11-21)39-28-15-22(13-14-26(28)36-3)27-18-25(34)31-24(33)16-23(17-29(31)40-27)38-19-30(35)32(2)37-4/h5-7,10-11,13-18,20,33H,8-9,12,19H2,1-4H3. The molecule has 0 radical (unpaired) electrons. The molecule has 210 valence electrons. The van der Waals surface area contributed by atoms with Crippen LogP contribution in [-0.4, -0.2) is 50.1 Å². The molecule has 4 rings (SSSR count). The third-order valence-electron chi connectivity index (χ3n) is 6.47. The van der Waals surface area contributed by atoms with Crippen LogP contribution in [0.5, 0.6) is 23.0 Å². The molecular formula is C31H33NO8. The van der Waals surface area contributed by atoms with E-state index in [1.165, 1.54) is 37.9 Å². The molecule has 1 aromatic heterocycles. The van der Waals surface area contributed by atoms with Crippen molar-refractivity contribution in [2.45, 2.75) is 32.3 Å². The molecule has 3 aromatic carbocycles. The van der Waals surface area contributed by atoms with Crippen molar-refractivity contribution >= 4 is 16.9 Å². The first-order chi connectivity index (χ1) is 19.3. The number of phenols is 1. The third kappa shape index (κ3) is 6.92. The Morgan fingerprint density at radius 3 is 2.52 bits per heavy atom. The maximum atomic E-state index is 12.9. The summed E-state index contributed by atoms with van der Waals surface area (Å²) in [5.41, 5.74) is 1.56. The number of ether oxygens (including phenoxy) is 3. The molecule has 1 atom stereocenters. The zero-order chi connectivity index (χ0) is 28.6. The molecule has 9 nitrogen and oxygen atoms in total. The number of carbonyl (C=O) groups excluding carboxylic acids is 1. The number of carbonyl (C=O) groups is 1. The number of nitrogens with zero attached hydrogens (tertiary/aromatic N) is 1. The highest BCUT2D eigenvalue weighted by atomic mass is 16.7. The van der Waals surface area contributed by atoms with Gasteiger partial charge in [0.15, 0.2) is 23.5 Å². The maximum Gasteiger partial charge on any atom is 0.283 e. The Morgan fingerprint density at radius 1 is 1.02 bits per heavy atom. The lowest BCUT2D eigenvalue weighted by molar-refractivity contribution is -0.170. The molecule has 0 fully saturated rings. The van der Waals surface area contributed by atoms with Crippen LogP contribution in [-0.2, 0) is 16.1 Å². The molecular weight excluding hydrogens is 514 g/mol. The second-order valence-corrected chi connectivity index (χ2v) is 9.32. The summed E-state index contributed by atoms with van der Waals surface area (Å²) in [6.45, 7) is 1.68. The lowest BCUT2D eigenvalue weighted by Gasteiger charge is -2.18. The van der Waals surface area contributed by atoms with Crippen LogP contribution in [0.25, 0.3) is 22.3 Å². The van der Waals surface area contributed by atoms with Gasteiger partial charge in [0.05, 0.1) is 20.3 Å². The van der Waals surface area contributed by atoms with Gasteiger partial charge in [-0.2, -0.15) is 0 Å². The fourth-order valence-corrected chi connectivity index (χ4v) is 4.24. The minimum Gasteiger partial charge on any atom is -0.507 e. The number of hydrogen-bond acceptors (Lipinski definition) is 8. The number of amides is 1. The molecule has 0 bridgehead atoms. The highest BCUT2D eigenvalue weighted by molar-refractivity contribution is 5.86. The van der Waals surface area contributed by atoms with E-state index in [0.29, 0.717) is 17.1 Å². The van der Waals surface area contributed by atoms with Gasteiger partial charge in [-0.3, -0.25) is 14.4 Å². The number of rotatable bonds is 12. The molecule has 40 heavy (non-hydrogen) atoms. The number of methoxy groups -OCH3 is 1. The summed E-state index contributed by atoms with van der Waals surface area (Å²) in [6, 6.07) is 19.6. The van der Waals surface area contributed by atoms with Gasteiger partial charge < -0.3 is 23.7 Å². The minimum atomic E-state index is -0.433. The number of benzene rings is 3. The first kappa shape index (κ1) is 28.5. The zero-order valence-corrected chi connectivity index (χ0v) is 23.0. The SMILES string of the molecule is COc1ccc(-c2cc(=O)c3c(O)cc(OCC(=O)N(C)OC)cc3o2)cc1OC(C)CCCc1ccccc1. The molecule has 0 saturated heterocycles. The fourth-order valence-electron chi connectivity index (χ4n) is 4.24. The van der Waals surface area contributed by atoms with E-state index in [4.69, 9.17) is 23.5 Å². The van der Waals surface area contributed by atoms with Crippen LogP contribution >= 0.6 is 0 Å². The number of phenolic OH excluding ortho intramolecular Hbond substituents is 1. The number of hydrogen-bond donors (Lipinski definition) is 1. The Hall–Kier alpha value is -4.50. The van der Waals surface area contributed by atoms with Gasteiger partial charge in [0, 0.05) is 30.8 Å². The molecule has 0 aliphatic rings. The quantitative estimate of drug-likeness (QED) is 0.236. The Labute approximate surface area is 232 Å². The first-order valence-electron chi connectivity index (χ1n) is 12.9. The van der Waals surface area contributed by atoms with Crippen molar-refractivity contribution < 1.29 is 33.4 Å². The van der Waals surface area contributed by atoms with Crippen molar-refractivity contribution in [3.05, 3.63) is 82.5 Å². The molecule has 1 unspecified atom stereocenters. The molecule has 0 aliphatic heterocycles. The number of aromatic hydroxyl groups is 1. The summed E-state index contributed by atoms with van der Waals surface area (Å²) in [6.07, 6.45) is 2.70. The van der Waals surface area contributed by atoms with Crippen LogP contribution in [0.2, 0.25) is 0 Å². The second kappa shape index (κ2) is 13.0. The molecule has 0 spiro atoms. The topological polar surface area (TPSA) is 108 Å². The van der Waals surface area contributed by atoms with Crippen molar-refractivity contribution in [1.82, 2.24) is 5.06 Å². The van der Waals surface area contributed by atoms with Gasteiger partial charge in [0.25, 0.3) is 5.91 Å². The van der Waals surface area contributed by atoms with E-state index < -0.39 is 11.3 Å². The summed E-state index contributed by atoms with van der Waals surface area (Å²) in [7, 11) is 4.38. The maximum absolute atomic E-state index is 12.9. The highest BCUT2D eigenvalue weighted by Crippen LogP contribution is 2.36. The van der Waals surface area contributed by atoms with Gasteiger partial charge in [-0.25, -0.2) is 5.06 Å². The summed E-state index contributed by atoms with van der Waals surface area (Å²) in [5, 5.41) is 11.5. The average Bonchev–Trinajstić information content (AvgIpc) is 2.95. The number of fused-ring (bicyclic) bond motifs is 1. The monoisotopic (exact) mass is 547 g/mol. The summed E-state index contributed by atoms with van der Waals surface area (Å²) in [4.78, 5) is 29.8. The van der Waals surface area contributed by atoms with Gasteiger partial charge in [-0.05, 0) is 49.9 Å². The predicted molar refractivity (Wildman–Crippen MR) is 151 cm³/mol. The Morgan fingerprint density at radius 2 is 1.80 bits per heavy atom. The minimum absolute atomic E-state index is 0.00783. The normalized spacial score (nSPS) is 11.7. The van der Waals surface area contributed by atoms with Crippen molar-refractivity contribution in [1.29, 1.82) is 0 Å². The molecule has 9 heteroatoms. The van der Waals surface area contributed by atoms with E-state index in [9.17, 15) is 14.7 Å². The zero-order valence-electron chi connectivity index (χ0n) is 23.0. The Bertz CT molecular complexity index is 1520. The number of aryl methyl sites for hydroxylation is 1. The molecule has 1 amide bonds. The molecule has 0 saturated carbocycles. The van der Waals surface area contributed by atoms with Gasteiger partial charge in [0.2, 0.25) is 0 Å². The summed E-state index contributed by atoms with van der Waals surface area (Å²) < 4.78 is 23.2. The first-order valence-corrected chi connectivity index (χ1v) is 12.9. The Balaban J connectivity index is 1.55. The third-order valence-corrected chi connectivity index (χ3v) is 6.47.